The molecule has 0 amide bonds. The maximum atomic E-state index is 9.93. The number of rotatable bonds is 9. The highest BCUT2D eigenvalue weighted by Gasteiger charge is 2.20. The summed E-state index contributed by atoms with van der Waals surface area (Å²) in [7, 11) is 0. The summed E-state index contributed by atoms with van der Waals surface area (Å²) in [6.07, 6.45) is 10.4. The number of aliphatic hydroxyl groups is 1. The van der Waals surface area contributed by atoms with E-state index in [1.165, 1.54) is 38.5 Å². The smallest absolute Gasteiger partial charge is 0.0897 e. The van der Waals surface area contributed by atoms with Crippen LogP contribution in [0, 0.1) is 5.92 Å². The molecule has 2 aliphatic rings. The highest BCUT2D eigenvalue weighted by atomic mass is 16.5. The molecular weight excluding hydrogens is 266 g/mol. The summed E-state index contributed by atoms with van der Waals surface area (Å²) in [5.41, 5.74) is 0. The average molecular weight is 299 g/mol. The van der Waals surface area contributed by atoms with Crippen molar-refractivity contribution >= 4 is 0 Å². The van der Waals surface area contributed by atoms with Gasteiger partial charge in [-0.3, -0.25) is 0 Å². The molecule has 0 saturated heterocycles. The minimum Gasteiger partial charge on any atom is -0.389 e. The summed E-state index contributed by atoms with van der Waals surface area (Å²) in [5, 5.41) is 13.2. The van der Waals surface area contributed by atoms with Crippen LogP contribution in [0.15, 0.2) is 0 Å². The molecule has 2 rings (SSSR count). The van der Waals surface area contributed by atoms with E-state index >= 15 is 0 Å². The summed E-state index contributed by atoms with van der Waals surface area (Å²) in [4.78, 5) is 0. The molecule has 0 aliphatic heterocycles. The van der Waals surface area contributed by atoms with Gasteiger partial charge in [-0.15, -0.1) is 0 Å². The van der Waals surface area contributed by atoms with Gasteiger partial charge >= 0.3 is 0 Å². The van der Waals surface area contributed by atoms with Gasteiger partial charge in [0.1, 0.15) is 0 Å². The zero-order valence-corrected chi connectivity index (χ0v) is 13.6. The average Bonchev–Trinajstić information content (AvgIpc) is 2.98. The van der Waals surface area contributed by atoms with Gasteiger partial charge in [0.25, 0.3) is 0 Å². The molecule has 0 radical (unpaired) electrons. The zero-order chi connectivity index (χ0) is 14.9. The molecule has 2 saturated carbocycles. The van der Waals surface area contributed by atoms with Crippen molar-refractivity contribution in [2.45, 2.75) is 76.6 Å². The van der Waals surface area contributed by atoms with Crippen molar-refractivity contribution < 1.29 is 14.6 Å². The van der Waals surface area contributed by atoms with E-state index in [0.717, 1.165) is 31.9 Å². The second-order valence-corrected chi connectivity index (χ2v) is 6.86. The Kier molecular flexibility index (Phi) is 8.01. The summed E-state index contributed by atoms with van der Waals surface area (Å²) in [5.74, 6) is 0.770. The van der Waals surface area contributed by atoms with Crippen LogP contribution < -0.4 is 5.32 Å². The Balaban J connectivity index is 1.42. The maximum Gasteiger partial charge on any atom is 0.0897 e. The van der Waals surface area contributed by atoms with Crippen molar-refractivity contribution in [3.05, 3.63) is 0 Å². The molecule has 3 atom stereocenters. The van der Waals surface area contributed by atoms with Crippen LogP contribution in [0.5, 0.6) is 0 Å². The van der Waals surface area contributed by atoms with Crippen LogP contribution in [0.3, 0.4) is 0 Å². The summed E-state index contributed by atoms with van der Waals surface area (Å²) in [6, 6.07) is 0. The molecule has 0 aromatic heterocycles. The van der Waals surface area contributed by atoms with Gasteiger partial charge in [0.05, 0.1) is 31.5 Å². The van der Waals surface area contributed by atoms with Gasteiger partial charge in [0.2, 0.25) is 0 Å². The van der Waals surface area contributed by atoms with Crippen molar-refractivity contribution in [2.24, 2.45) is 5.92 Å². The fraction of sp³-hybridized carbons (Fsp3) is 1.00. The van der Waals surface area contributed by atoms with Gasteiger partial charge in [-0.1, -0.05) is 32.6 Å². The lowest BCUT2D eigenvalue weighted by atomic mass is 9.89. The lowest BCUT2D eigenvalue weighted by molar-refractivity contribution is -0.0311. The Morgan fingerprint density at radius 2 is 1.81 bits per heavy atom. The van der Waals surface area contributed by atoms with Gasteiger partial charge in [-0.25, -0.2) is 0 Å². The van der Waals surface area contributed by atoms with E-state index in [1.807, 2.05) is 0 Å². The van der Waals surface area contributed by atoms with Crippen LogP contribution in [0.2, 0.25) is 0 Å². The summed E-state index contributed by atoms with van der Waals surface area (Å²) < 4.78 is 11.6. The van der Waals surface area contributed by atoms with Crippen LogP contribution in [-0.4, -0.2) is 49.7 Å². The fourth-order valence-corrected chi connectivity index (χ4v) is 3.46. The molecule has 4 heteroatoms. The first-order valence-corrected chi connectivity index (χ1v) is 8.86. The van der Waals surface area contributed by atoms with E-state index in [2.05, 4.69) is 12.2 Å². The Bertz CT molecular complexity index is 269. The second kappa shape index (κ2) is 9.78. The highest BCUT2D eigenvalue weighted by molar-refractivity contribution is 4.71. The van der Waals surface area contributed by atoms with Crippen LogP contribution in [0.4, 0.5) is 0 Å². The summed E-state index contributed by atoms with van der Waals surface area (Å²) in [6.45, 7) is 4.90. The summed E-state index contributed by atoms with van der Waals surface area (Å²) >= 11 is 0. The largest absolute Gasteiger partial charge is 0.389 e. The zero-order valence-electron chi connectivity index (χ0n) is 13.6. The van der Waals surface area contributed by atoms with E-state index in [9.17, 15) is 5.11 Å². The Morgan fingerprint density at radius 1 is 1.05 bits per heavy atom. The van der Waals surface area contributed by atoms with Crippen LogP contribution >= 0.6 is 0 Å². The molecule has 0 spiro atoms. The van der Waals surface area contributed by atoms with Gasteiger partial charge in [0.15, 0.2) is 0 Å². The first-order chi connectivity index (χ1) is 10.2. The number of aliphatic hydroxyl groups excluding tert-OH is 1. The third-order valence-corrected chi connectivity index (χ3v) is 4.73. The molecule has 0 bridgehead atoms. The molecule has 2 fully saturated rings. The minimum absolute atomic E-state index is 0.356. The molecule has 0 heterocycles. The van der Waals surface area contributed by atoms with E-state index in [-0.39, 0.29) is 0 Å². The van der Waals surface area contributed by atoms with Gasteiger partial charge in [-0.05, 0) is 31.6 Å². The second-order valence-electron chi connectivity index (χ2n) is 6.86. The quantitative estimate of drug-likeness (QED) is 0.642. The Hall–Kier alpha value is -0.160. The van der Waals surface area contributed by atoms with E-state index in [4.69, 9.17) is 9.47 Å². The van der Waals surface area contributed by atoms with Gasteiger partial charge < -0.3 is 19.9 Å². The Labute approximate surface area is 129 Å². The van der Waals surface area contributed by atoms with Gasteiger partial charge in [-0.2, -0.15) is 0 Å². The molecule has 2 N–H and O–H groups in total. The standard InChI is InChI=1S/C17H33NO3/c1-14-5-4-8-17(11-14)21-13-15(19)12-18-9-10-20-16-6-2-3-7-16/h14-19H,2-13H2,1H3. The minimum atomic E-state index is -0.409. The molecule has 2 aliphatic carbocycles. The third kappa shape index (κ3) is 7.09. The maximum absolute atomic E-state index is 9.93. The van der Waals surface area contributed by atoms with Crippen LogP contribution in [0.1, 0.15) is 58.3 Å². The van der Waals surface area contributed by atoms with Crippen molar-refractivity contribution in [3.8, 4) is 0 Å². The third-order valence-electron chi connectivity index (χ3n) is 4.73. The lowest BCUT2D eigenvalue weighted by Gasteiger charge is -2.27. The van der Waals surface area contributed by atoms with Crippen molar-refractivity contribution in [2.75, 3.05) is 26.3 Å². The first kappa shape index (κ1) is 17.2. The van der Waals surface area contributed by atoms with Crippen molar-refractivity contribution in [3.63, 3.8) is 0 Å². The normalized spacial score (nSPS) is 28.9. The molecule has 4 nitrogen and oxygen atoms in total. The van der Waals surface area contributed by atoms with E-state index < -0.39 is 6.10 Å². The number of ether oxygens (including phenoxy) is 2. The topological polar surface area (TPSA) is 50.7 Å². The fourth-order valence-electron chi connectivity index (χ4n) is 3.46. The number of hydrogen-bond acceptors (Lipinski definition) is 4. The monoisotopic (exact) mass is 299 g/mol. The molecule has 3 unspecified atom stereocenters. The molecule has 0 aromatic carbocycles. The SMILES string of the molecule is CC1CCCC(OCC(O)CNCCOC2CCCC2)C1. The van der Waals surface area contributed by atoms with Crippen LogP contribution in [0.25, 0.3) is 0 Å². The van der Waals surface area contributed by atoms with Crippen LogP contribution in [-0.2, 0) is 9.47 Å². The molecule has 0 aromatic rings. The molecule has 21 heavy (non-hydrogen) atoms. The van der Waals surface area contributed by atoms with E-state index in [0.29, 0.717) is 25.4 Å². The Morgan fingerprint density at radius 3 is 2.57 bits per heavy atom. The van der Waals surface area contributed by atoms with Crippen molar-refractivity contribution in [1.82, 2.24) is 5.32 Å². The van der Waals surface area contributed by atoms with Crippen molar-refractivity contribution in [1.29, 1.82) is 0 Å². The molecular formula is C17H33NO3. The predicted molar refractivity (Wildman–Crippen MR) is 84.5 cm³/mol. The van der Waals surface area contributed by atoms with Gasteiger partial charge in [0, 0.05) is 13.1 Å². The predicted octanol–water partition coefficient (Wildman–Crippen LogP) is 2.49. The van der Waals surface area contributed by atoms with E-state index in [1.54, 1.807) is 0 Å². The molecule has 124 valence electrons. The number of nitrogens with one attached hydrogen (secondary N) is 1. The number of hydrogen-bond donors (Lipinski definition) is 2. The highest BCUT2D eigenvalue weighted by Crippen LogP contribution is 2.25. The first-order valence-electron chi connectivity index (χ1n) is 8.86. The lowest BCUT2D eigenvalue weighted by Crippen LogP contribution is -2.34.